The van der Waals surface area contributed by atoms with E-state index in [0.717, 1.165) is 18.4 Å². The lowest BCUT2D eigenvalue weighted by molar-refractivity contribution is 0.00108. The molecule has 2 N–H and O–H groups in total. The van der Waals surface area contributed by atoms with Crippen LogP contribution in [0.5, 0.6) is 11.5 Å². The largest absolute Gasteiger partial charge is 0.494 e. The normalized spacial score (nSPS) is 13.2. The molecule has 2 atom stereocenters. The summed E-state index contributed by atoms with van der Waals surface area (Å²) in [6.45, 7) is 15.2. The first-order chi connectivity index (χ1) is 21.4. The first kappa shape index (κ1) is 37.8. The molecule has 1 amide bonds. The van der Waals surface area contributed by atoms with E-state index in [9.17, 15) is 23.4 Å². The van der Waals surface area contributed by atoms with E-state index in [0.29, 0.717) is 44.6 Å². The zero-order chi connectivity index (χ0) is 33.5. The van der Waals surface area contributed by atoms with E-state index in [-0.39, 0.29) is 30.2 Å². The van der Waals surface area contributed by atoms with Crippen LogP contribution in [0.25, 0.3) is 0 Å². The second-order valence-corrected chi connectivity index (χ2v) is 13.9. The summed E-state index contributed by atoms with van der Waals surface area (Å²) in [5.74, 6) is 0.660. The van der Waals surface area contributed by atoms with Crippen LogP contribution in [0, 0.1) is 0 Å². The van der Waals surface area contributed by atoms with Crippen molar-refractivity contribution in [1.29, 1.82) is 0 Å². The number of carbonyl (C=O) groups is 1. The van der Waals surface area contributed by atoms with Gasteiger partial charge in [-0.3, -0.25) is 4.90 Å². The van der Waals surface area contributed by atoms with E-state index in [1.807, 2.05) is 43.3 Å². The van der Waals surface area contributed by atoms with Crippen molar-refractivity contribution in [2.24, 2.45) is 0 Å². The van der Waals surface area contributed by atoms with Crippen LogP contribution >= 0.6 is 0 Å². The fourth-order valence-corrected chi connectivity index (χ4v) is 6.79. The second-order valence-electron chi connectivity index (χ2n) is 12.0. The second kappa shape index (κ2) is 18.6. The van der Waals surface area contributed by atoms with Crippen LogP contribution in [0.3, 0.4) is 0 Å². The van der Waals surface area contributed by atoms with Crippen LogP contribution in [0.4, 0.5) is 4.79 Å². The van der Waals surface area contributed by atoms with Crippen LogP contribution < -0.4 is 9.47 Å². The van der Waals surface area contributed by atoms with Gasteiger partial charge < -0.3 is 19.7 Å². The summed E-state index contributed by atoms with van der Waals surface area (Å²) >= 11 is 0. The highest BCUT2D eigenvalue weighted by atomic mass is 32.2. The molecule has 0 aliphatic heterocycles. The van der Waals surface area contributed by atoms with Gasteiger partial charge >= 0.3 is 6.09 Å². The lowest BCUT2D eigenvalue weighted by Crippen LogP contribution is -2.58. The van der Waals surface area contributed by atoms with E-state index >= 15 is 0 Å². The molecule has 2 rings (SSSR count). The molecule has 0 fully saturated rings. The number of hydrogen-bond acceptors (Lipinski definition) is 6. The van der Waals surface area contributed by atoms with Gasteiger partial charge in [-0.25, -0.2) is 13.2 Å². The minimum absolute atomic E-state index is 0.0314. The van der Waals surface area contributed by atoms with Crippen molar-refractivity contribution in [1.82, 2.24) is 9.21 Å². The molecule has 0 saturated heterocycles. The summed E-state index contributed by atoms with van der Waals surface area (Å²) in [5.41, 5.74) is -0.0298. The molecule has 0 spiro atoms. The summed E-state index contributed by atoms with van der Waals surface area (Å²) in [6, 6.07) is 13.0. The Bertz CT molecular complexity index is 1310. The molecule has 0 aromatic heterocycles. The van der Waals surface area contributed by atoms with Crippen molar-refractivity contribution in [2.45, 2.75) is 95.2 Å². The Balaban J connectivity index is 2.54. The number of nitrogens with zero attached hydrogens (tertiary/aromatic N) is 2. The molecule has 0 aliphatic carbocycles. The number of hydrogen-bond donors (Lipinski definition) is 2. The summed E-state index contributed by atoms with van der Waals surface area (Å²) in [6.07, 6.45) is 5.64. The zero-order valence-electron chi connectivity index (χ0n) is 27.4. The van der Waals surface area contributed by atoms with Crippen LogP contribution in [0.2, 0.25) is 0 Å². The smallest absolute Gasteiger partial charge is 0.408 e. The van der Waals surface area contributed by atoms with Crippen LogP contribution in [-0.2, 0) is 16.4 Å². The summed E-state index contributed by atoms with van der Waals surface area (Å²) in [7, 11) is -4.20. The Hall–Kier alpha value is -3.34. The average molecular weight is 645 g/mol. The number of amides is 1. The number of aliphatic hydroxyl groups excluding tert-OH is 1. The van der Waals surface area contributed by atoms with Crippen LogP contribution in [0.1, 0.15) is 71.8 Å². The highest BCUT2D eigenvalue weighted by Gasteiger charge is 2.40. The van der Waals surface area contributed by atoms with E-state index in [1.165, 1.54) is 15.3 Å². The molecule has 0 bridgehead atoms. The molecule has 250 valence electrons. The van der Waals surface area contributed by atoms with E-state index in [4.69, 9.17) is 9.47 Å². The quantitative estimate of drug-likeness (QED) is 0.112. The molecule has 0 heterocycles. The number of aliphatic hydroxyl groups is 1. The van der Waals surface area contributed by atoms with Crippen LogP contribution in [0.15, 0.2) is 78.7 Å². The number of rotatable bonds is 21. The Morgan fingerprint density at radius 3 is 2.20 bits per heavy atom. The van der Waals surface area contributed by atoms with E-state index < -0.39 is 33.8 Å². The molecule has 10 heteroatoms. The fraction of sp³-hybridized carbons (Fsp3) is 0.514. The molecular formula is C35H52N2O7S. The molecule has 2 aromatic carbocycles. The molecule has 45 heavy (non-hydrogen) atoms. The van der Waals surface area contributed by atoms with Crippen molar-refractivity contribution < 1.29 is 32.9 Å². The van der Waals surface area contributed by atoms with Crippen molar-refractivity contribution in [3.8, 4) is 11.5 Å². The molecule has 0 unspecified atom stereocenters. The number of allylic oxidation sites excluding steroid dienone is 2. The number of unbranched alkanes of at least 4 members (excludes halogenated alkanes) is 4. The maximum atomic E-state index is 14.4. The Morgan fingerprint density at radius 2 is 1.62 bits per heavy atom. The molecule has 0 aliphatic rings. The predicted molar refractivity (Wildman–Crippen MR) is 180 cm³/mol. The highest BCUT2D eigenvalue weighted by molar-refractivity contribution is 7.89. The minimum Gasteiger partial charge on any atom is -0.494 e. The Labute approximate surface area is 270 Å². The molecule has 2 aromatic rings. The Morgan fingerprint density at radius 1 is 0.978 bits per heavy atom. The molecule has 0 saturated carbocycles. The summed E-state index contributed by atoms with van der Waals surface area (Å²) < 4.78 is 41.6. The van der Waals surface area contributed by atoms with E-state index in [1.54, 1.807) is 39.0 Å². The number of ether oxygens (including phenoxy) is 2. The highest BCUT2D eigenvalue weighted by Crippen LogP contribution is 2.32. The van der Waals surface area contributed by atoms with Gasteiger partial charge in [-0.2, -0.15) is 4.31 Å². The first-order valence-corrected chi connectivity index (χ1v) is 17.2. The van der Waals surface area contributed by atoms with Gasteiger partial charge in [0, 0.05) is 24.7 Å². The lowest BCUT2D eigenvalue weighted by atomic mass is 9.94. The third kappa shape index (κ3) is 11.8. The molecular weight excluding hydrogens is 592 g/mol. The molecule has 9 nitrogen and oxygen atoms in total. The van der Waals surface area contributed by atoms with Crippen molar-refractivity contribution in [3.63, 3.8) is 0 Å². The van der Waals surface area contributed by atoms with Crippen molar-refractivity contribution in [2.75, 3.05) is 26.3 Å². The predicted octanol–water partition coefficient (Wildman–Crippen LogP) is 6.92. The fourth-order valence-electron chi connectivity index (χ4n) is 5.18. The van der Waals surface area contributed by atoms with Gasteiger partial charge in [-0.15, -0.1) is 13.2 Å². The van der Waals surface area contributed by atoms with Gasteiger partial charge in [-0.1, -0.05) is 42.5 Å². The van der Waals surface area contributed by atoms with Gasteiger partial charge in [0.2, 0.25) is 10.0 Å². The van der Waals surface area contributed by atoms with Crippen molar-refractivity contribution in [3.05, 3.63) is 79.4 Å². The monoisotopic (exact) mass is 644 g/mol. The molecule has 0 radical (unpaired) electrons. The average Bonchev–Trinajstić information content (AvgIpc) is 2.98. The first-order valence-electron chi connectivity index (χ1n) is 15.7. The van der Waals surface area contributed by atoms with Gasteiger partial charge in [0.1, 0.15) is 16.4 Å². The summed E-state index contributed by atoms with van der Waals surface area (Å²) in [5, 5.41) is 22.0. The number of sulfonamides is 1. The third-order valence-electron chi connectivity index (χ3n) is 7.35. The SMILES string of the molecule is C=CCCCCOc1cc(OCC)ccc1S(=O)(=O)N(CCCCC=C)C[C@@H](O)[C@H](Cc1ccccc1)N(C(=O)O)C(C)(C)C. The van der Waals surface area contributed by atoms with Crippen molar-refractivity contribution >= 4 is 16.1 Å². The minimum atomic E-state index is -4.20. The summed E-state index contributed by atoms with van der Waals surface area (Å²) in [4.78, 5) is 13.8. The maximum Gasteiger partial charge on any atom is 0.408 e. The van der Waals surface area contributed by atoms with Gasteiger partial charge in [-0.05, 0) is 90.3 Å². The number of carboxylic acid groups (broad SMARTS) is 1. The van der Waals surface area contributed by atoms with Gasteiger partial charge in [0.05, 0.1) is 25.4 Å². The lowest BCUT2D eigenvalue weighted by Gasteiger charge is -2.42. The van der Waals surface area contributed by atoms with Gasteiger partial charge in [0.25, 0.3) is 0 Å². The zero-order valence-corrected chi connectivity index (χ0v) is 28.2. The van der Waals surface area contributed by atoms with Crippen LogP contribution in [-0.4, -0.2) is 77.9 Å². The standard InChI is InChI=1S/C35H52N2O7S/c1-7-10-12-17-23-36(27-31(38)30(25-28-19-15-14-16-20-28)37(34(39)40)35(4,5)6)45(41,42)33-22-21-29(43-9-3)26-32(33)44-24-18-13-11-8-2/h7-8,14-16,19-22,26,30-31,38H,1-2,9-13,17-18,23-25,27H2,3-6H3,(H,39,40)/t30-,31+/m0/s1. The third-order valence-corrected chi connectivity index (χ3v) is 9.26. The number of benzene rings is 2. The van der Waals surface area contributed by atoms with E-state index in [2.05, 4.69) is 13.2 Å². The van der Waals surface area contributed by atoms with Gasteiger partial charge in [0.15, 0.2) is 0 Å². The Kier molecular flexibility index (Phi) is 15.6. The topological polar surface area (TPSA) is 117 Å². The maximum absolute atomic E-state index is 14.4.